The van der Waals surface area contributed by atoms with Gasteiger partial charge in [0.1, 0.15) is 17.5 Å². The van der Waals surface area contributed by atoms with Crippen LogP contribution in [-0.4, -0.2) is 41.0 Å². The number of hydrogen-bond acceptors (Lipinski definition) is 6. The highest BCUT2D eigenvalue weighted by Gasteiger charge is 2.25. The summed E-state index contributed by atoms with van der Waals surface area (Å²) < 4.78 is 0. The number of nitrogens with one attached hydrogen (secondary N) is 2. The van der Waals surface area contributed by atoms with Gasteiger partial charge in [0, 0.05) is 30.1 Å². The molecule has 4 N–H and O–H groups in total. The molecule has 0 amide bonds. The molecular weight excluding hydrogens is 264 g/mol. The van der Waals surface area contributed by atoms with Gasteiger partial charge in [-0.25, -0.2) is 15.8 Å². The molecule has 0 atom stereocenters. The smallest absolute Gasteiger partial charge is 0.148 e. The van der Waals surface area contributed by atoms with Crippen molar-refractivity contribution in [2.75, 3.05) is 30.9 Å². The lowest BCUT2D eigenvalue weighted by Crippen LogP contribution is -2.28. The summed E-state index contributed by atoms with van der Waals surface area (Å²) >= 11 is 0. The normalized spacial score (nSPS) is 15.4. The van der Waals surface area contributed by atoms with Crippen LogP contribution in [0.3, 0.4) is 0 Å². The van der Waals surface area contributed by atoms with E-state index < -0.39 is 0 Å². The molecule has 1 heterocycles. The summed E-state index contributed by atoms with van der Waals surface area (Å²) in [4.78, 5) is 11.6. The molecular formula is C15H28N6. The second kappa shape index (κ2) is 6.15. The largest absolute Gasteiger partial charge is 0.368 e. The van der Waals surface area contributed by atoms with Gasteiger partial charge in [-0.15, -0.1) is 0 Å². The van der Waals surface area contributed by atoms with Gasteiger partial charge >= 0.3 is 0 Å². The highest BCUT2D eigenvalue weighted by Crippen LogP contribution is 2.26. The fourth-order valence-electron chi connectivity index (χ4n) is 2.21. The van der Waals surface area contributed by atoms with Crippen molar-refractivity contribution in [3.8, 4) is 0 Å². The summed E-state index contributed by atoms with van der Waals surface area (Å²) in [5.74, 6) is 7.93. The summed E-state index contributed by atoms with van der Waals surface area (Å²) in [6.45, 7) is 10.2. The van der Waals surface area contributed by atoms with Crippen LogP contribution >= 0.6 is 0 Å². The van der Waals surface area contributed by atoms with Gasteiger partial charge in [0.15, 0.2) is 0 Å². The Hall–Kier alpha value is -1.40. The van der Waals surface area contributed by atoms with E-state index in [4.69, 9.17) is 5.84 Å². The standard InChI is InChI=1S/C15H28N6/c1-10-12(17-8-9-21(5)11-6-7-11)18-14(15(2,3)4)19-13(10)20-16/h11H,6-9,16H2,1-5H3,(H2,17,18,19,20). The molecule has 2 rings (SSSR count). The van der Waals surface area contributed by atoms with Gasteiger partial charge in [0.2, 0.25) is 0 Å². The average molecular weight is 292 g/mol. The first-order valence-electron chi connectivity index (χ1n) is 7.62. The molecule has 1 aromatic rings. The predicted octanol–water partition coefficient (Wildman–Crippen LogP) is 1.87. The van der Waals surface area contributed by atoms with E-state index in [0.29, 0.717) is 5.82 Å². The van der Waals surface area contributed by atoms with Crippen molar-refractivity contribution in [3.05, 3.63) is 11.4 Å². The molecule has 1 aliphatic carbocycles. The summed E-state index contributed by atoms with van der Waals surface area (Å²) in [5, 5.41) is 3.43. The van der Waals surface area contributed by atoms with E-state index in [0.717, 1.165) is 36.3 Å². The zero-order valence-corrected chi connectivity index (χ0v) is 13.8. The van der Waals surface area contributed by atoms with E-state index in [1.165, 1.54) is 12.8 Å². The lowest BCUT2D eigenvalue weighted by Gasteiger charge is -2.21. The summed E-state index contributed by atoms with van der Waals surface area (Å²) in [7, 11) is 2.18. The number of aromatic nitrogens is 2. The van der Waals surface area contributed by atoms with Gasteiger partial charge in [0.05, 0.1) is 0 Å². The number of likely N-dealkylation sites (N-methyl/N-ethyl adjacent to an activating group) is 1. The van der Waals surface area contributed by atoms with Crippen LogP contribution < -0.4 is 16.6 Å². The quantitative estimate of drug-likeness (QED) is 0.549. The zero-order chi connectivity index (χ0) is 15.6. The summed E-state index contributed by atoms with van der Waals surface area (Å²) in [5.41, 5.74) is 3.52. The zero-order valence-electron chi connectivity index (χ0n) is 13.8. The minimum Gasteiger partial charge on any atom is -0.368 e. The fourth-order valence-corrected chi connectivity index (χ4v) is 2.21. The Labute approximate surface area is 127 Å². The van der Waals surface area contributed by atoms with Crippen LogP contribution in [0, 0.1) is 6.92 Å². The molecule has 0 saturated heterocycles. The Balaban J connectivity index is 2.09. The molecule has 0 radical (unpaired) electrons. The number of hydrazine groups is 1. The average Bonchev–Trinajstić information content (AvgIpc) is 3.23. The number of nitrogen functional groups attached to an aromatic ring is 1. The lowest BCUT2D eigenvalue weighted by atomic mass is 9.95. The molecule has 0 aromatic carbocycles. The first-order chi connectivity index (χ1) is 9.82. The van der Waals surface area contributed by atoms with E-state index in [9.17, 15) is 0 Å². The van der Waals surface area contributed by atoms with Crippen LogP contribution in [0.1, 0.15) is 45.0 Å². The maximum Gasteiger partial charge on any atom is 0.148 e. The molecule has 0 unspecified atom stereocenters. The summed E-state index contributed by atoms with van der Waals surface area (Å²) in [6.07, 6.45) is 2.66. The Morgan fingerprint density at radius 2 is 1.86 bits per heavy atom. The molecule has 21 heavy (non-hydrogen) atoms. The molecule has 6 heteroatoms. The molecule has 0 spiro atoms. The number of anilines is 2. The van der Waals surface area contributed by atoms with Crippen LogP contribution in [-0.2, 0) is 5.41 Å². The molecule has 0 aliphatic heterocycles. The van der Waals surface area contributed by atoms with E-state index in [1.807, 2.05) is 6.92 Å². The van der Waals surface area contributed by atoms with Crippen molar-refractivity contribution < 1.29 is 0 Å². The molecule has 1 aliphatic rings. The second-order valence-electron chi connectivity index (χ2n) is 6.90. The van der Waals surface area contributed by atoms with Crippen LogP contribution in [0.4, 0.5) is 11.6 Å². The van der Waals surface area contributed by atoms with Crippen molar-refractivity contribution in [3.63, 3.8) is 0 Å². The maximum atomic E-state index is 5.58. The summed E-state index contributed by atoms with van der Waals surface area (Å²) in [6, 6.07) is 0.782. The van der Waals surface area contributed by atoms with Crippen molar-refractivity contribution in [2.45, 2.75) is 52.0 Å². The third-order valence-electron chi connectivity index (χ3n) is 3.88. The predicted molar refractivity (Wildman–Crippen MR) is 87.4 cm³/mol. The molecule has 118 valence electrons. The molecule has 6 nitrogen and oxygen atoms in total. The Morgan fingerprint density at radius 3 is 2.38 bits per heavy atom. The Morgan fingerprint density at radius 1 is 1.24 bits per heavy atom. The fraction of sp³-hybridized carbons (Fsp3) is 0.733. The highest BCUT2D eigenvalue weighted by atomic mass is 15.3. The van der Waals surface area contributed by atoms with E-state index in [1.54, 1.807) is 0 Å². The van der Waals surface area contributed by atoms with Crippen molar-refractivity contribution in [1.29, 1.82) is 0 Å². The lowest BCUT2D eigenvalue weighted by molar-refractivity contribution is 0.337. The molecule has 1 saturated carbocycles. The van der Waals surface area contributed by atoms with Crippen LogP contribution in [0.5, 0.6) is 0 Å². The SMILES string of the molecule is Cc1c(NN)nc(C(C)(C)C)nc1NCCN(C)C1CC1. The molecule has 1 fully saturated rings. The van der Waals surface area contributed by atoms with Crippen LogP contribution in [0.2, 0.25) is 0 Å². The third-order valence-corrected chi connectivity index (χ3v) is 3.88. The van der Waals surface area contributed by atoms with Crippen LogP contribution in [0.15, 0.2) is 0 Å². The van der Waals surface area contributed by atoms with Crippen molar-refractivity contribution in [1.82, 2.24) is 14.9 Å². The number of rotatable bonds is 6. The van der Waals surface area contributed by atoms with E-state index >= 15 is 0 Å². The molecule has 1 aromatic heterocycles. The maximum absolute atomic E-state index is 5.58. The topological polar surface area (TPSA) is 79.1 Å². The van der Waals surface area contributed by atoms with Gasteiger partial charge in [-0.05, 0) is 26.8 Å². The number of nitrogens with zero attached hydrogens (tertiary/aromatic N) is 3. The first-order valence-corrected chi connectivity index (χ1v) is 7.62. The Bertz CT molecular complexity index is 490. The minimum absolute atomic E-state index is 0.111. The van der Waals surface area contributed by atoms with Gasteiger partial charge in [0.25, 0.3) is 0 Å². The van der Waals surface area contributed by atoms with E-state index in [2.05, 4.69) is 53.4 Å². The third kappa shape index (κ3) is 4.04. The van der Waals surface area contributed by atoms with Crippen molar-refractivity contribution >= 4 is 11.6 Å². The highest BCUT2D eigenvalue weighted by molar-refractivity contribution is 5.57. The van der Waals surface area contributed by atoms with Gasteiger partial charge in [-0.1, -0.05) is 20.8 Å². The number of hydrogen-bond donors (Lipinski definition) is 3. The van der Waals surface area contributed by atoms with E-state index in [-0.39, 0.29) is 5.41 Å². The molecule has 0 bridgehead atoms. The van der Waals surface area contributed by atoms with Crippen LogP contribution in [0.25, 0.3) is 0 Å². The first kappa shape index (κ1) is 16.0. The van der Waals surface area contributed by atoms with Crippen molar-refractivity contribution in [2.24, 2.45) is 5.84 Å². The van der Waals surface area contributed by atoms with Gasteiger partial charge in [-0.2, -0.15) is 0 Å². The van der Waals surface area contributed by atoms with Gasteiger partial charge in [-0.3, -0.25) is 0 Å². The van der Waals surface area contributed by atoms with Gasteiger partial charge < -0.3 is 15.6 Å². The minimum atomic E-state index is -0.111. The number of nitrogens with two attached hydrogens (primary N) is 1. The monoisotopic (exact) mass is 292 g/mol. The second-order valence-corrected chi connectivity index (χ2v) is 6.90. The Kier molecular flexibility index (Phi) is 4.68.